The van der Waals surface area contributed by atoms with Gasteiger partial charge in [0.25, 0.3) is 0 Å². The SMILES string of the molecule is CCCCCCCC[N+]1(C)CCCCC1.CCCCCCCC[N+]1(C)CCCCC1.N#C[B-](C#N)(C#N)C#N.N#C[B-](C#N)(C#N)C#N.[Br-]. The van der Waals surface area contributed by atoms with Crippen LogP contribution in [0.25, 0.3) is 0 Å². The fourth-order valence-corrected chi connectivity index (χ4v) is 5.89. The first-order valence-corrected chi connectivity index (χ1v) is 18.3. The zero-order chi connectivity index (χ0) is 36.6. The Morgan fingerprint density at radius 3 is 0.816 bits per heavy atom. The van der Waals surface area contributed by atoms with Crippen molar-refractivity contribution in [2.24, 2.45) is 0 Å². The smallest absolute Gasteiger partial charge is 0.383 e. The topological polar surface area (TPSA) is 190 Å². The van der Waals surface area contributed by atoms with E-state index >= 15 is 0 Å². The van der Waals surface area contributed by atoms with Crippen molar-refractivity contribution < 1.29 is 25.9 Å². The molecule has 0 aliphatic carbocycles. The van der Waals surface area contributed by atoms with Crippen molar-refractivity contribution in [1.82, 2.24) is 0 Å². The quantitative estimate of drug-likeness (QED) is 0.143. The molecule has 2 heterocycles. The van der Waals surface area contributed by atoms with Gasteiger partial charge in [0.2, 0.25) is 0 Å². The maximum atomic E-state index is 8.09. The maximum Gasteiger partial charge on any atom is 0.383 e. The van der Waals surface area contributed by atoms with Crippen LogP contribution in [0.15, 0.2) is 0 Å². The highest BCUT2D eigenvalue weighted by atomic mass is 79.9. The maximum absolute atomic E-state index is 8.09. The Morgan fingerprint density at radius 2 is 0.612 bits per heavy atom. The average molecular weight is 734 g/mol. The molecule has 0 aromatic carbocycles. The molecule has 13 heteroatoms. The summed E-state index contributed by atoms with van der Waals surface area (Å²) in [6.07, 6.45) is 20.7. The standard InChI is InChI=1S/2C14H30N.2C4BN4.BrH/c2*1-3-4-5-6-7-9-12-15(2)13-10-8-11-14-15;2*6-1-5(2-7,3-8)4-9;/h2*3-14H2,1-2H3;;;1H/q2*+1;2*-1;/p-1. The molecule has 0 saturated carbocycles. The minimum absolute atomic E-state index is 0. The summed E-state index contributed by atoms with van der Waals surface area (Å²) in [5, 5.41) is 64.7. The predicted molar refractivity (Wildman–Crippen MR) is 192 cm³/mol. The van der Waals surface area contributed by atoms with E-state index < -0.39 is 12.3 Å². The number of piperidine rings is 2. The van der Waals surface area contributed by atoms with Gasteiger partial charge in [0.05, 0.1) is 53.4 Å². The normalized spacial score (nSPS) is 15.3. The molecule has 10 nitrogen and oxygen atoms in total. The minimum Gasteiger partial charge on any atom is -1.00 e. The van der Waals surface area contributed by atoms with Gasteiger partial charge in [-0.25, -0.2) is 42.1 Å². The second kappa shape index (κ2) is 30.5. The molecular formula is C36H60B2BrN10-. The molecule has 0 aromatic heterocycles. The molecule has 268 valence electrons. The highest BCUT2D eigenvalue weighted by molar-refractivity contribution is 7.05. The highest BCUT2D eigenvalue weighted by Gasteiger charge is 2.25. The molecule has 2 aliphatic rings. The van der Waals surface area contributed by atoms with Gasteiger partial charge in [0.15, 0.2) is 0 Å². The summed E-state index contributed by atoms with van der Waals surface area (Å²) in [4.78, 5) is 0. The van der Waals surface area contributed by atoms with Crippen molar-refractivity contribution in [2.45, 2.75) is 129 Å². The molecule has 2 rings (SSSR count). The van der Waals surface area contributed by atoms with Crippen molar-refractivity contribution in [1.29, 1.82) is 42.1 Å². The van der Waals surface area contributed by atoms with E-state index in [1.54, 1.807) is 0 Å². The lowest BCUT2D eigenvalue weighted by molar-refractivity contribution is -0.914. The van der Waals surface area contributed by atoms with Crippen molar-refractivity contribution in [3.8, 4) is 47.7 Å². The number of hydrogen-bond acceptors (Lipinski definition) is 8. The van der Waals surface area contributed by atoms with Gasteiger partial charge in [-0.1, -0.05) is 65.2 Å². The summed E-state index contributed by atoms with van der Waals surface area (Å²) in [5.41, 5.74) is 0. The molecule has 49 heavy (non-hydrogen) atoms. The van der Waals surface area contributed by atoms with Gasteiger partial charge >= 0.3 is 12.3 Å². The number of nitriles is 8. The van der Waals surface area contributed by atoms with Crippen LogP contribution in [0, 0.1) is 89.8 Å². The monoisotopic (exact) mass is 733 g/mol. The fraction of sp³-hybridized carbons (Fsp3) is 0.778. The molecule has 0 atom stereocenters. The predicted octanol–water partition coefficient (Wildman–Crippen LogP) is 4.33. The third-order valence-electron chi connectivity index (χ3n) is 9.44. The summed E-state index contributed by atoms with van der Waals surface area (Å²) in [7, 11) is 4.93. The van der Waals surface area contributed by atoms with Crippen LogP contribution in [0.2, 0.25) is 0 Å². The van der Waals surface area contributed by atoms with Crippen molar-refractivity contribution >= 4 is 12.3 Å². The number of unbranched alkanes of at least 4 members (excludes halogenated alkanes) is 10. The highest BCUT2D eigenvalue weighted by Crippen LogP contribution is 2.19. The molecule has 2 fully saturated rings. The molecule has 2 saturated heterocycles. The second-order valence-electron chi connectivity index (χ2n) is 14.0. The van der Waals surface area contributed by atoms with E-state index in [0.717, 1.165) is 0 Å². The van der Waals surface area contributed by atoms with Gasteiger partial charge in [0.1, 0.15) is 0 Å². The van der Waals surface area contributed by atoms with Gasteiger partial charge < -0.3 is 25.9 Å². The average Bonchev–Trinajstić information content (AvgIpc) is 3.12. The van der Waals surface area contributed by atoms with E-state index in [1.165, 1.54) is 212 Å². The molecule has 0 amide bonds. The molecule has 0 bridgehead atoms. The van der Waals surface area contributed by atoms with Crippen LogP contribution in [0.4, 0.5) is 0 Å². The lowest BCUT2D eigenvalue weighted by atomic mass is 9.30. The second-order valence-corrected chi connectivity index (χ2v) is 14.0. The van der Waals surface area contributed by atoms with Crippen LogP contribution in [-0.2, 0) is 0 Å². The zero-order valence-electron chi connectivity index (χ0n) is 31.0. The van der Waals surface area contributed by atoms with Gasteiger partial charge in [-0.15, -0.1) is 47.7 Å². The van der Waals surface area contributed by atoms with E-state index in [0.29, 0.717) is 0 Å². The first-order valence-electron chi connectivity index (χ1n) is 18.3. The van der Waals surface area contributed by atoms with E-state index in [-0.39, 0.29) is 17.0 Å². The Kier molecular flexibility index (Phi) is 31.0. The molecule has 0 radical (unpaired) electrons. The van der Waals surface area contributed by atoms with E-state index in [4.69, 9.17) is 42.1 Å². The zero-order valence-corrected chi connectivity index (χ0v) is 32.6. The lowest BCUT2D eigenvalue weighted by Gasteiger charge is -2.37. The van der Waals surface area contributed by atoms with Crippen LogP contribution in [0.3, 0.4) is 0 Å². The first kappa shape index (κ1) is 49.8. The third kappa shape index (κ3) is 23.4. The summed E-state index contributed by atoms with van der Waals surface area (Å²) in [5.74, 6) is 10.8. The number of rotatable bonds is 14. The van der Waals surface area contributed by atoms with E-state index in [2.05, 4.69) is 27.9 Å². The Morgan fingerprint density at radius 1 is 0.388 bits per heavy atom. The van der Waals surface area contributed by atoms with E-state index in [1.807, 2.05) is 0 Å². The van der Waals surface area contributed by atoms with Crippen LogP contribution in [0.5, 0.6) is 0 Å². The number of nitrogens with zero attached hydrogens (tertiary/aromatic N) is 10. The van der Waals surface area contributed by atoms with Crippen molar-refractivity contribution in [3.05, 3.63) is 0 Å². The summed E-state index contributed by atoms with van der Waals surface area (Å²) >= 11 is 0. The largest absolute Gasteiger partial charge is 1.00 e. The van der Waals surface area contributed by atoms with Crippen molar-refractivity contribution in [3.63, 3.8) is 0 Å². The number of likely N-dealkylation sites (tertiary alicyclic amines) is 2. The van der Waals surface area contributed by atoms with Crippen LogP contribution in [0.1, 0.15) is 129 Å². The first-order chi connectivity index (χ1) is 23.0. The Hall–Kier alpha value is -3.55. The Bertz CT molecular complexity index is 1000. The number of halogens is 1. The number of quaternary nitrogens is 2. The lowest BCUT2D eigenvalue weighted by Crippen LogP contribution is -3.00. The molecule has 0 spiro atoms. The van der Waals surface area contributed by atoms with Crippen LogP contribution >= 0.6 is 0 Å². The Balaban J connectivity index is -0.000000590. The van der Waals surface area contributed by atoms with Gasteiger partial charge in [0, 0.05) is 0 Å². The minimum atomic E-state index is -2.72. The fourth-order valence-electron chi connectivity index (χ4n) is 5.89. The summed E-state index contributed by atoms with van der Waals surface area (Å²) < 4.78 is 2.74. The van der Waals surface area contributed by atoms with Crippen LogP contribution in [-0.4, -0.2) is 74.6 Å². The third-order valence-corrected chi connectivity index (χ3v) is 9.44. The summed E-state index contributed by atoms with van der Waals surface area (Å²) in [6, 6.07) is 0. The molecule has 0 unspecified atom stereocenters. The van der Waals surface area contributed by atoms with Gasteiger partial charge in [-0.05, 0) is 64.2 Å². The van der Waals surface area contributed by atoms with Crippen LogP contribution < -0.4 is 17.0 Å². The molecule has 0 N–H and O–H groups in total. The van der Waals surface area contributed by atoms with E-state index in [9.17, 15) is 0 Å². The number of hydrogen-bond donors (Lipinski definition) is 0. The molecular weight excluding hydrogens is 674 g/mol. The molecule has 2 aliphatic heterocycles. The molecule has 0 aromatic rings. The van der Waals surface area contributed by atoms with Gasteiger partial charge in [-0.3, -0.25) is 0 Å². The Labute approximate surface area is 309 Å². The van der Waals surface area contributed by atoms with Crippen molar-refractivity contribution in [2.75, 3.05) is 53.4 Å². The summed E-state index contributed by atoms with van der Waals surface area (Å²) in [6.45, 7) is 13.2. The van der Waals surface area contributed by atoms with Gasteiger partial charge in [-0.2, -0.15) is 0 Å².